The minimum absolute atomic E-state index is 0.360. The van der Waals surface area contributed by atoms with Crippen LogP contribution in [0.3, 0.4) is 0 Å². The number of fused-ring (bicyclic) bond motifs is 3. The maximum Gasteiger partial charge on any atom is 0.151 e. The normalized spacial score (nSPS) is 11.0. The van der Waals surface area contributed by atoms with Gasteiger partial charge in [-0.15, -0.1) is 0 Å². The predicted molar refractivity (Wildman–Crippen MR) is 141 cm³/mol. The van der Waals surface area contributed by atoms with Gasteiger partial charge in [0.25, 0.3) is 0 Å². The van der Waals surface area contributed by atoms with E-state index < -0.39 is 0 Å². The standard InChI is InChI=1S/C29H19N5O/c1-2-24(17-35)34-12-11-19-7-9-23(15-28(19)34)33-29-25-14-20(8-10-27(25)31-18-32-29)22-13-21-5-3-4-6-26(21)30-16-22/h2-16,18H,1H2,(H,31,32,33). The summed E-state index contributed by atoms with van der Waals surface area (Å²) in [4.78, 5) is 24.9. The molecule has 0 saturated carbocycles. The summed E-state index contributed by atoms with van der Waals surface area (Å²) in [5.74, 6) is 2.63. The van der Waals surface area contributed by atoms with Gasteiger partial charge in [0.15, 0.2) is 5.94 Å². The van der Waals surface area contributed by atoms with Crippen molar-refractivity contribution < 1.29 is 4.79 Å². The Morgan fingerprint density at radius 2 is 1.80 bits per heavy atom. The van der Waals surface area contributed by atoms with Gasteiger partial charge in [-0.05, 0) is 54.1 Å². The van der Waals surface area contributed by atoms with Crippen molar-refractivity contribution in [3.63, 3.8) is 0 Å². The number of benzene rings is 3. The summed E-state index contributed by atoms with van der Waals surface area (Å²) in [6.45, 7) is 3.71. The van der Waals surface area contributed by atoms with Crippen LogP contribution in [0.15, 0.2) is 104 Å². The molecule has 3 aromatic heterocycles. The van der Waals surface area contributed by atoms with E-state index in [9.17, 15) is 4.79 Å². The minimum atomic E-state index is 0.360. The zero-order chi connectivity index (χ0) is 23.8. The lowest BCUT2D eigenvalue weighted by Gasteiger charge is -2.11. The fourth-order valence-corrected chi connectivity index (χ4v) is 4.31. The number of pyridine rings is 1. The Morgan fingerprint density at radius 1 is 0.886 bits per heavy atom. The molecule has 3 aromatic carbocycles. The second-order valence-corrected chi connectivity index (χ2v) is 8.15. The number of hydrogen-bond acceptors (Lipinski definition) is 5. The van der Waals surface area contributed by atoms with E-state index in [1.54, 1.807) is 10.9 Å². The molecule has 6 nitrogen and oxygen atoms in total. The number of para-hydroxylation sites is 1. The van der Waals surface area contributed by atoms with Gasteiger partial charge in [0.2, 0.25) is 0 Å². The molecule has 0 amide bonds. The average Bonchev–Trinajstić information content (AvgIpc) is 3.32. The van der Waals surface area contributed by atoms with Gasteiger partial charge >= 0.3 is 0 Å². The molecule has 0 aliphatic carbocycles. The van der Waals surface area contributed by atoms with Gasteiger partial charge < -0.3 is 9.88 Å². The maximum absolute atomic E-state index is 11.3. The van der Waals surface area contributed by atoms with Crippen molar-refractivity contribution in [2.24, 2.45) is 0 Å². The van der Waals surface area contributed by atoms with Gasteiger partial charge in [0, 0.05) is 39.8 Å². The van der Waals surface area contributed by atoms with E-state index in [1.807, 2.05) is 72.9 Å². The Hall–Kier alpha value is -5.06. The smallest absolute Gasteiger partial charge is 0.151 e. The van der Waals surface area contributed by atoms with Crippen LogP contribution in [-0.4, -0.2) is 25.5 Å². The van der Waals surface area contributed by atoms with Crippen LogP contribution in [0.4, 0.5) is 11.5 Å². The van der Waals surface area contributed by atoms with Crippen molar-refractivity contribution in [1.29, 1.82) is 0 Å². The number of hydrogen-bond donors (Lipinski definition) is 1. The Balaban J connectivity index is 1.42. The number of anilines is 2. The Bertz CT molecular complexity index is 1810. The zero-order valence-corrected chi connectivity index (χ0v) is 18.6. The number of nitrogens with zero attached hydrogens (tertiary/aromatic N) is 4. The Labute approximate surface area is 200 Å². The van der Waals surface area contributed by atoms with E-state index in [2.05, 4.69) is 45.0 Å². The highest BCUT2D eigenvalue weighted by Gasteiger charge is 2.10. The number of aromatic nitrogens is 4. The van der Waals surface area contributed by atoms with Crippen LogP contribution in [0, 0.1) is 0 Å². The monoisotopic (exact) mass is 453 g/mol. The topological polar surface area (TPSA) is 72.7 Å². The number of rotatable bonds is 5. The minimum Gasteiger partial charge on any atom is -0.340 e. The molecule has 6 rings (SSSR count). The molecule has 0 saturated heterocycles. The summed E-state index contributed by atoms with van der Waals surface area (Å²) >= 11 is 0. The van der Waals surface area contributed by atoms with E-state index in [0.29, 0.717) is 11.5 Å². The van der Waals surface area contributed by atoms with E-state index in [1.165, 1.54) is 6.08 Å². The van der Waals surface area contributed by atoms with Gasteiger partial charge in [0.1, 0.15) is 17.8 Å². The summed E-state index contributed by atoms with van der Waals surface area (Å²) < 4.78 is 1.77. The van der Waals surface area contributed by atoms with Crippen molar-refractivity contribution >= 4 is 55.9 Å². The first-order valence-corrected chi connectivity index (χ1v) is 11.1. The summed E-state index contributed by atoms with van der Waals surface area (Å²) in [7, 11) is 0. The predicted octanol–water partition coefficient (Wildman–Crippen LogP) is 6.40. The van der Waals surface area contributed by atoms with E-state index in [0.717, 1.165) is 49.5 Å². The summed E-state index contributed by atoms with van der Waals surface area (Å²) in [5.41, 5.74) is 5.92. The van der Waals surface area contributed by atoms with Gasteiger partial charge in [-0.3, -0.25) is 4.98 Å². The highest BCUT2D eigenvalue weighted by molar-refractivity contribution is 5.96. The second kappa shape index (κ2) is 8.37. The fourth-order valence-electron chi connectivity index (χ4n) is 4.31. The Morgan fingerprint density at radius 3 is 2.69 bits per heavy atom. The van der Waals surface area contributed by atoms with Crippen LogP contribution >= 0.6 is 0 Å². The molecule has 6 aromatic rings. The first-order valence-electron chi connectivity index (χ1n) is 11.1. The highest BCUT2D eigenvalue weighted by atomic mass is 16.1. The summed E-state index contributed by atoms with van der Waals surface area (Å²) in [6.07, 6.45) is 6.77. The van der Waals surface area contributed by atoms with Crippen LogP contribution in [-0.2, 0) is 4.79 Å². The van der Waals surface area contributed by atoms with Crippen molar-refractivity contribution in [3.8, 4) is 11.1 Å². The van der Waals surface area contributed by atoms with Gasteiger partial charge in [-0.2, -0.15) is 0 Å². The third-order valence-corrected chi connectivity index (χ3v) is 6.07. The third kappa shape index (κ3) is 3.64. The van der Waals surface area contributed by atoms with Crippen LogP contribution in [0.2, 0.25) is 0 Å². The van der Waals surface area contributed by atoms with Crippen molar-refractivity contribution in [1.82, 2.24) is 19.5 Å². The zero-order valence-electron chi connectivity index (χ0n) is 18.6. The fraction of sp³-hybridized carbons (Fsp3) is 0. The molecular weight excluding hydrogens is 434 g/mol. The van der Waals surface area contributed by atoms with Crippen LogP contribution < -0.4 is 5.32 Å². The number of nitrogens with one attached hydrogen (secondary N) is 1. The van der Waals surface area contributed by atoms with Gasteiger partial charge in [0.05, 0.1) is 16.6 Å². The van der Waals surface area contributed by atoms with Crippen molar-refractivity contribution in [2.45, 2.75) is 0 Å². The summed E-state index contributed by atoms with van der Waals surface area (Å²) in [5, 5.41) is 6.42. The van der Waals surface area contributed by atoms with Gasteiger partial charge in [-0.1, -0.05) is 36.9 Å². The first-order chi connectivity index (χ1) is 17.2. The largest absolute Gasteiger partial charge is 0.340 e. The molecule has 3 heterocycles. The molecule has 0 bridgehead atoms. The molecule has 0 spiro atoms. The molecular formula is C29H19N5O. The molecule has 1 N–H and O–H groups in total. The van der Waals surface area contributed by atoms with Crippen molar-refractivity contribution in [2.75, 3.05) is 5.32 Å². The van der Waals surface area contributed by atoms with E-state index >= 15 is 0 Å². The van der Waals surface area contributed by atoms with Crippen LogP contribution in [0.25, 0.3) is 49.5 Å². The first kappa shape index (κ1) is 20.5. The maximum atomic E-state index is 11.3. The SMILES string of the molecule is C=CC(=C=O)n1ccc2ccc(Nc3ncnc4ccc(-c5cnc6ccccc6c5)cc34)cc21. The van der Waals surface area contributed by atoms with E-state index in [4.69, 9.17) is 0 Å². The number of allylic oxidation sites excluding steroid dienone is 2. The highest BCUT2D eigenvalue weighted by Crippen LogP contribution is 2.31. The quantitative estimate of drug-likeness (QED) is 0.241. The Kier molecular flexibility index (Phi) is 4.91. The molecule has 0 radical (unpaired) electrons. The second-order valence-electron chi connectivity index (χ2n) is 8.15. The lowest BCUT2D eigenvalue weighted by atomic mass is 10.0. The number of carbonyl (C=O) groups excluding carboxylic acids is 1. The molecule has 166 valence electrons. The molecule has 0 aliphatic rings. The molecule has 6 heteroatoms. The van der Waals surface area contributed by atoms with Crippen LogP contribution in [0.5, 0.6) is 0 Å². The lowest BCUT2D eigenvalue weighted by Crippen LogP contribution is -1.98. The molecule has 35 heavy (non-hydrogen) atoms. The average molecular weight is 454 g/mol. The molecule has 0 fully saturated rings. The molecule has 0 unspecified atom stereocenters. The summed E-state index contributed by atoms with van der Waals surface area (Å²) in [6, 6.07) is 24.2. The van der Waals surface area contributed by atoms with Gasteiger partial charge in [-0.25, -0.2) is 14.8 Å². The lowest BCUT2D eigenvalue weighted by molar-refractivity contribution is 0.569. The van der Waals surface area contributed by atoms with E-state index in [-0.39, 0.29) is 0 Å². The molecule has 0 aliphatic heterocycles. The molecule has 0 atom stereocenters. The van der Waals surface area contributed by atoms with Crippen molar-refractivity contribution in [3.05, 3.63) is 104 Å². The van der Waals surface area contributed by atoms with Crippen LogP contribution in [0.1, 0.15) is 0 Å². The third-order valence-electron chi connectivity index (χ3n) is 6.07.